The first-order chi connectivity index (χ1) is 9.19. The topological polar surface area (TPSA) is 56.1 Å². The number of alkyl halides is 1. The number of benzene rings is 1. The lowest BCUT2D eigenvalue weighted by Crippen LogP contribution is -2.25. The maximum atomic E-state index is 12.1. The number of rotatable bonds is 4. The van der Waals surface area contributed by atoms with Gasteiger partial charge in [0.1, 0.15) is 0 Å². The molecule has 0 spiro atoms. The molecule has 5 heteroatoms. The van der Waals surface area contributed by atoms with Gasteiger partial charge in [-0.25, -0.2) is 0 Å². The number of amides is 1. The highest BCUT2D eigenvalue weighted by Crippen LogP contribution is 2.32. The fraction of sp³-hybridized carbons (Fsp3) is 0.429. The number of anilines is 2. The highest BCUT2D eigenvalue weighted by molar-refractivity contribution is 9.09. The number of hydrogen-bond donors (Lipinski definition) is 1. The number of hydrogen-bond acceptors (Lipinski definition) is 3. The van der Waals surface area contributed by atoms with Crippen LogP contribution in [0.15, 0.2) is 18.2 Å². The van der Waals surface area contributed by atoms with Crippen LogP contribution < -0.4 is 10.2 Å². The van der Waals surface area contributed by atoms with E-state index in [4.69, 9.17) is 5.26 Å². The smallest absolute Gasteiger partial charge is 0.227 e. The number of nitrogens with zero attached hydrogens (tertiary/aromatic N) is 2. The molecule has 0 aliphatic carbocycles. The van der Waals surface area contributed by atoms with E-state index in [1.165, 1.54) is 0 Å². The third-order valence-electron chi connectivity index (χ3n) is 3.21. The van der Waals surface area contributed by atoms with Crippen LogP contribution in [0.25, 0.3) is 0 Å². The molecule has 1 aliphatic heterocycles. The van der Waals surface area contributed by atoms with Crippen molar-refractivity contribution in [3.05, 3.63) is 23.8 Å². The second kappa shape index (κ2) is 6.07. The van der Waals surface area contributed by atoms with E-state index in [0.717, 1.165) is 23.2 Å². The second-order valence-electron chi connectivity index (χ2n) is 4.60. The van der Waals surface area contributed by atoms with E-state index in [2.05, 4.69) is 27.3 Å². The summed E-state index contributed by atoms with van der Waals surface area (Å²) in [6.45, 7) is 3.50. The molecule has 4 nitrogen and oxygen atoms in total. The molecule has 1 amide bonds. The van der Waals surface area contributed by atoms with Gasteiger partial charge in [-0.1, -0.05) is 15.9 Å². The minimum Gasteiger partial charge on any atom is -0.384 e. The van der Waals surface area contributed by atoms with Crippen LogP contribution in [-0.2, 0) is 4.79 Å². The predicted octanol–water partition coefficient (Wildman–Crippen LogP) is 2.74. The van der Waals surface area contributed by atoms with Gasteiger partial charge in [0.2, 0.25) is 5.91 Å². The normalized spacial score (nSPS) is 18.5. The number of nitrogens with one attached hydrogen (secondary N) is 1. The van der Waals surface area contributed by atoms with E-state index in [9.17, 15) is 4.79 Å². The van der Waals surface area contributed by atoms with Crippen LogP contribution in [0, 0.1) is 17.2 Å². The lowest BCUT2D eigenvalue weighted by molar-refractivity contribution is -0.117. The summed E-state index contributed by atoms with van der Waals surface area (Å²) in [6.07, 6.45) is 0.563. The monoisotopic (exact) mass is 321 g/mol. The van der Waals surface area contributed by atoms with Crippen molar-refractivity contribution in [2.75, 3.05) is 28.6 Å². The second-order valence-corrected chi connectivity index (χ2v) is 5.25. The molecule has 0 saturated carbocycles. The van der Waals surface area contributed by atoms with Crippen LogP contribution >= 0.6 is 15.9 Å². The van der Waals surface area contributed by atoms with Crippen molar-refractivity contribution in [2.24, 2.45) is 5.92 Å². The molecule has 1 aromatic carbocycles. The van der Waals surface area contributed by atoms with E-state index < -0.39 is 0 Å². The Kier molecular flexibility index (Phi) is 4.43. The average molecular weight is 322 g/mol. The van der Waals surface area contributed by atoms with E-state index >= 15 is 0 Å². The lowest BCUT2D eigenvalue weighted by atomic mass is 10.1. The van der Waals surface area contributed by atoms with Crippen LogP contribution in [0.2, 0.25) is 0 Å². The Hall–Kier alpha value is -1.54. The highest BCUT2D eigenvalue weighted by atomic mass is 79.9. The van der Waals surface area contributed by atoms with Crippen molar-refractivity contribution in [3.8, 4) is 6.07 Å². The van der Waals surface area contributed by atoms with Crippen molar-refractivity contribution in [1.82, 2.24) is 0 Å². The molecule has 1 atom stereocenters. The molecule has 1 N–H and O–H groups in total. The largest absolute Gasteiger partial charge is 0.384 e. The summed E-state index contributed by atoms with van der Waals surface area (Å²) in [4.78, 5) is 13.9. The molecule has 1 saturated heterocycles. The van der Waals surface area contributed by atoms with Gasteiger partial charge in [0.05, 0.1) is 23.0 Å². The van der Waals surface area contributed by atoms with Crippen LogP contribution in [0.4, 0.5) is 11.4 Å². The molecule has 2 rings (SSSR count). The summed E-state index contributed by atoms with van der Waals surface area (Å²) < 4.78 is 0. The Balaban J connectivity index is 2.37. The molecule has 1 fully saturated rings. The van der Waals surface area contributed by atoms with Gasteiger partial charge in [-0.05, 0) is 31.0 Å². The van der Waals surface area contributed by atoms with Gasteiger partial charge in [0, 0.05) is 24.8 Å². The van der Waals surface area contributed by atoms with Crippen LogP contribution in [0.5, 0.6) is 0 Å². The maximum Gasteiger partial charge on any atom is 0.227 e. The van der Waals surface area contributed by atoms with Crippen LogP contribution in [0.3, 0.4) is 0 Å². The van der Waals surface area contributed by atoms with Crippen LogP contribution in [-0.4, -0.2) is 24.3 Å². The summed E-state index contributed by atoms with van der Waals surface area (Å²) >= 11 is 3.43. The highest BCUT2D eigenvalue weighted by Gasteiger charge is 2.31. The fourth-order valence-corrected chi connectivity index (χ4v) is 2.72. The van der Waals surface area contributed by atoms with Gasteiger partial charge < -0.3 is 10.2 Å². The first-order valence-corrected chi connectivity index (χ1v) is 7.46. The summed E-state index contributed by atoms with van der Waals surface area (Å²) in [6, 6.07) is 7.54. The summed E-state index contributed by atoms with van der Waals surface area (Å²) in [5, 5.41) is 13.1. The van der Waals surface area contributed by atoms with Crippen molar-refractivity contribution in [2.45, 2.75) is 13.3 Å². The van der Waals surface area contributed by atoms with E-state index in [1.807, 2.05) is 13.0 Å². The molecule has 0 aromatic heterocycles. The minimum atomic E-state index is 0.124. The van der Waals surface area contributed by atoms with Crippen LogP contribution in [0.1, 0.15) is 18.9 Å². The molecule has 0 radical (unpaired) electrons. The number of carbonyl (C=O) groups is 1. The summed E-state index contributed by atoms with van der Waals surface area (Å²) in [5.74, 6) is 0.464. The standard InChI is InChI=1S/C14H16BrN3O/c1-2-17-12-4-3-10(8-16)5-13(12)18-9-11(7-15)6-14(18)19/h3-5,11,17H,2,6-7,9H2,1H3. The number of halogens is 1. The Bertz CT molecular complexity index is 524. The molecule has 1 aromatic rings. The van der Waals surface area contributed by atoms with Gasteiger partial charge >= 0.3 is 0 Å². The molecule has 0 bridgehead atoms. The van der Waals surface area contributed by atoms with Gasteiger partial charge in [0.15, 0.2) is 0 Å². The molecule has 19 heavy (non-hydrogen) atoms. The minimum absolute atomic E-state index is 0.124. The van der Waals surface area contributed by atoms with Crippen molar-refractivity contribution < 1.29 is 4.79 Å². The van der Waals surface area contributed by atoms with E-state index in [0.29, 0.717) is 24.4 Å². The zero-order valence-corrected chi connectivity index (χ0v) is 12.4. The Morgan fingerprint density at radius 3 is 2.95 bits per heavy atom. The molecule has 1 aliphatic rings. The quantitative estimate of drug-likeness (QED) is 0.867. The molecular formula is C14H16BrN3O. The van der Waals surface area contributed by atoms with Gasteiger partial charge in [-0.15, -0.1) is 0 Å². The van der Waals surface area contributed by atoms with Crippen molar-refractivity contribution >= 4 is 33.2 Å². The fourth-order valence-electron chi connectivity index (χ4n) is 2.28. The summed E-state index contributed by atoms with van der Waals surface area (Å²) in [7, 11) is 0. The van der Waals surface area contributed by atoms with Gasteiger partial charge in [-0.3, -0.25) is 4.79 Å². The summed E-state index contributed by atoms with van der Waals surface area (Å²) in [5.41, 5.74) is 2.30. The van der Waals surface area contributed by atoms with Gasteiger partial charge in [0.25, 0.3) is 0 Å². The average Bonchev–Trinajstić information content (AvgIpc) is 2.81. The SMILES string of the molecule is CCNc1ccc(C#N)cc1N1CC(CBr)CC1=O. The third kappa shape index (κ3) is 2.90. The van der Waals surface area contributed by atoms with E-state index in [1.54, 1.807) is 17.0 Å². The predicted molar refractivity (Wildman–Crippen MR) is 79.6 cm³/mol. The number of nitriles is 1. The maximum absolute atomic E-state index is 12.1. The molecular weight excluding hydrogens is 306 g/mol. The lowest BCUT2D eigenvalue weighted by Gasteiger charge is -2.21. The van der Waals surface area contributed by atoms with Gasteiger partial charge in [-0.2, -0.15) is 5.26 Å². The molecule has 100 valence electrons. The van der Waals surface area contributed by atoms with E-state index in [-0.39, 0.29) is 5.91 Å². The van der Waals surface area contributed by atoms with Crippen molar-refractivity contribution in [1.29, 1.82) is 5.26 Å². The first kappa shape index (κ1) is 13.9. The third-order valence-corrected chi connectivity index (χ3v) is 4.12. The molecule has 1 heterocycles. The van der Waals surface area contributed by atoms with Crippen molar-refractivity contribution in [3.63, 3.8) is 0 Å². The Labute approximate surface area is 121 Å². The Morgan fingerprint density at radius 2 is 2.37 bits per heavy atom. The Morgan fingerprint density at radius 1 is 1.58 bits per heavy atom. The zero-order chi connectivity index (χ0) is 13.8. The number of carbonyl (C=O) groups excluding carboxylic acids is 1. The first-order valence-electron chi connectivity index (χ1n) is 6.34. The zero-order valence-electron chi connectivity index (χ0n) is 10.8. The molecule has 1 unspecified atom stereocenters.